The van der Waals surface area contributed by atoms with Crippen LogP contribution < -0.4 is 0 Å². The van der Waals surface area contributed by atoms with Gasteiger partial charge in [0.05, 0.1) is 0 Å². The molecule has 0 aliphatic carbocycles. The molecule has 0 saturated carbocycles. The van der Waals surface area contributed by atoms with Crippen molar-refractivity contribution in [2.75, 3.05) is 0 Å². The molecule has 0 aliphatic heterocycles. The summed E-state index contributed by atoms with van der Waals surface area (Å²) in [6.07, 6.45) is -1.00. The van der Waals surface area contributed by atoms with Crippen LogP contribution in [0, 0.1) is 0 Å². The minimum absolute atomic E-state index is 0.534. The van der Waals surface area contributed by atoms with E-state index >= 15 is 0 Å². The van der Waals surface area contributed by atoms with E-state index in [1.807, 2.05) is 0 Å². The molecule has 0 fully saturated rings. The van der Waals surface area contributed by atoms with Gasteiger partial charge in [0.1, 0.15) is 0 Å². The zero-order valence-electron chi connectivity index (χ0n) is 7.57. The van der Waals surface area contributed by atoms with Gasteiger partial charge in [-0.05, 0) is 11.6 Å². The van der Waals surface area contributed by atoms with Gasteiger partial charge in [-0.3, -0.25) is 9.59 Å². The molecule has 0 heterocycles. The molecule has 1 rings (SSSR count). The van der Waals surface area contributed by atoms with E-state index in [9.17, 15) is 9.59 Å². The normalized spacial score (nSPS) is 11.9. The lowest BCUT2D eigenvalue weighted by Gasteiger charge is -2.12. The lowest BCUT2D eigenvalue weighted by molar-refractivity contribution is -0.150. The molecule has 14 heavy (non-hydrogen) atoms. The van der Waals surface area contributed by atoms with Crippen molar-refractivity contribution in [3.8, 4) is 0 Å². The number of esters is 1. The zero-order valence-corrected chi connectivity index (χ0v) is 8.32. The molecule has 0 unspecified atom stereocenters. The fourth-order valence-electron chi connectivity index (χ4n) is 1.04. The van der Waals surface area contributed by atoms with Gasteiger partial charge in [0.2, 0.25) is 6.10 Å². The van der Waals surface area contributed by atoms with Crippen molar-refractivity contribution < 1.29 is 14.3 Å². The van der Waals surface area contributed by atoms with E-state index in [1.54, 1.807) is 30.3 Å². The molecule has 0 bridgehead atoms. The fourth-order valence-corrected chi connectivity index (χ4v) is 1.21. The summed E-state index contributed by atoms with van der Waals surface area (Å²) in [6, 6.07) is 8.63. The standard InChI is InChI=1S/C10H9ClO3/c1-7(12)14-9(10(11)13)8-5-3-2-4-6-8/h2-6,9H,1H3/t9-/m1/s1. The third-order valence-corrected chi connectivity index (χ3v) is 1.79. The van der Waals surface area contributed by atoms with Crippen LogP contribution >= 0.6 is 11.6 Å². The summed E-state index contributed by atoms with van der Waals surface area (Å²) in [5.74, 6) is -0.534. The van der Waals surface area contributed by atoms with Gasteiger partial charge < -0.3 is 4.74 Å². The topological polar surface area (TPSA) is 43.4 Å². The van der Waals surface area contributed by atoms with Crippen molar-refractivity contribution in [3.05, 3.63) is 35.9 Å². The quantitative estimate of drug-likeness (QED) is 0.569. The number of carbonyl (C=O) groups is 2. The number of rotatable bonds is 3. The van der Waals surface area contributed by atoms with Crippen LogP contribution in [-0.4, -0.2) is 11.2 Å². The fraction of sp³-hybridized carbons (Fsp3) is 0.200. The van der Waals surface area contributed by atoms with E-state index in [-0.39, 0.29) is 0 Å². The first-order valence-electron chi connectivity index (χ1n) is 4.03. The summed E-state index contributed by atoms with van der Waals surface area (Å²) < 4.78 is 4.78. The Kier molecular flexibility index (Phi) is 3.65. The molecule has 74 valence electrons. The van der Waals surface area contributed by atoms with Crippen LogP contribution in [0.2, 0.25) is 0 Å². The Morgan fingerprint density at radius 2 is 1.86 bits per heavy atom. The lowest BCUT2D eigenvalue weighted by Crippen LogP contribution is -2.14. The van der Waals surface area contributed by atoms with E-state index in [1.165, 1.54) is 6.92 Å². The van der Waals surface area contributed by atoms with Gasteiger partial charge in [0, 0.05) is 12.5 Å². The van der Waals surface area contributed by atoms with E-state index in [0.29, 0.717) is 5.56 Å². The molecular weight excluding hydrogens is 204 g/mol. The molecule has 0 aromatic heterocycles. The Morgan fingerprint density at radius 1 is 1.29 bits per heavy atom. The molecule has 0 saturated heterocycles. The van der Waals surface area contributed by atoms with Crippen LogP contribution in [0.15, 0.2) is 30.3 Å². The van der Waals surface area contributed by atoms with Gasteiger partial charge in [0.25, 0.3) is 5.24 Å². The third-order valence-electron chi connectivity index (χ3n) is 1.59. The van der Waals surface area contributed by atoms with E-state index in [4.69, 9.17) is 16.3 Å². The zero-order chi connectivity index (χ0) is 10.6. The summed E-state index contributed by atoms with van der Waals surface area (Å²) in [7, 11) is 0. The van der Waals surface area contributed by atoms with Gasteiger partial charge in [-0.15, -0.1) is 0 Å². The number of ether oxygens (including phenoxy) is 1. The van der Waals surface area contributed by atoms with E-state index in [2.05, 4.69) is 0 Å². The summed E-state index contributed by atoms with van der Waals surface area (Å²) in [4.78, 5) is 21.7. The molecular formula is C10H9ClO3. The second kappa shape index (κ2) is 4.77. The highest BCUT2D eigenvalue weighted by molar-refractivity contribution is 6.64. The molecule has 0 radical (unpaired) electrons. The van der Waals surface area contributed by atoms with Gasteiger partial charge in [-0.25, -0.2) is 0 Å². The maximum absolute atomic E-state index is 11.0. The van der Waals surface area contributed by atoms with E-state index in [0.717, 1.165) is 0 Å². The van der Waals surface area contributed by atoms with Gasteiger partial charge in [-0.1, -0.05) is 30.3 Å². The van der Waals surface area contributed by atoms with Crippen LogP contribution in [0.5, 0.6) is 0 Å². The summed E-state index contributed by atoms with van der Waals surface area (Å²) >= 11 is 5.31. The van der Waals surface area contributed by atoms with Crippen molar-refractivity contribution in [2.45, 2.75) is 13.0 Å². The Labute approximate surface area is 86.6 Å². The first kappa shape index (κ1) is 10.7. The molecule has 1 atom stereocenters. The van der Waals surface area contributed by atoms with Crippen LogP contribution in [0.25, 0.3) is 0 Å². The molecule has 1 aromatic rings. The first-order valence-corrected chi connectivity index (χ1v) is 4.40. The second-order valence-corrected chi connectivity index (χ2v) is 3.08. The van der Waals surface area contributed by atoms with Crippen molar-refractivity contribution in [1.82, 2.24) is 0 Å². The number of hydrogen-bond donors (Lipinski definition) is 0. The first-order chi connectivity index (χ1) is 6.61. The van der Waals surface area contributed by atoms with Crippen molar-refractivity contribution >= 4 is 22.8 Å². The maximum atomic E-state index is 11.0. The van der Waals surface area contributed by atoms with Crippen molar-refractivity contribution in [3.63, 3.8) is 0 Å². The second-order valence-electron chi connectivity index (χ2n) is 2.70. The number of carbonyl (C=O) groups excluding carboxylic acids is 2. The summed E-state index contributed by atoms with van der Waals surface area (Å²) in [5, 5.41) is -0.702. The number of benzene rings is 1. The molecule has 0 N–H and O–H groups in total. The molecule has 0 amide bonds. The van der Waals surface area contributed by atoms with Crippen LogP contribution in [0.4, 0.5) is 0 Å². The summed E-state index contributed by atoms with van der Waals surface area (Å²) in [5.41, 5.74) is 0.572. The van der Waals surface area contributed by atoms with Crippen LogP contribution in [0.3, 0.4) is 0 Å². The molecule has 0 spiro atoms. The smallest absolute Gasteiger partial charge is 0.303 e. The monoisotopic (exact) mass is 212 g/mol. The molecule has 4 heteroatoms. The average Bonchev–Trinajstić information content (AvgIpc) is 2.15. The summed E-state index contributed by atoms with van der Waals surface area (Å²) in [6.45, 7) is 1.23. The predicted molar refractivity (Wildman–Crippen MR) is 51.8 cm³/mol. The minimum Gasteiger partial charge on any atom is -0.448 e. The highest BCUT2D eigenvalue weighted by Crippen LogP contribution is 2.19. The highest BCUT2D eigenvalue weighted by atomic mass is 35.5. The Hall–Kier alpha value is -1.35. The van der Waals surface area contributed by atoms with Crippen LogP contribution in [0.1, 0.15) is 18.6 Å². The average molecular weight is 213 g/mol. The third kappa shape index (κ3) is 2.85. The molecule has 1 aromatic carbocycles. The lowest BCUT2D eigenvalue weighted by atomic mass is 10.1. The van der Waals surface area contributed by atoms with Gasteiger partial charge >= 0.3 is 5.97 Å². The molecule has 0 aliphatic rings. The molecule has 3 nitrogen and oxygen atoms in total. The highest BCUT2D eigenvalue weighted by Gasteiger charge is 2.21. The Morgan fingerprint density at radius 3 is 2.29 bits per heavy atom. The van der Waals surface area contributed by atoms with Crippen molar-refractivity contribution in [1.29, 1.82) is 0 Å². The van der Waals surface area contributed by atoms with Crippen molar-refractivity contribution in [2.24, 2.45) is 0 Å². The van der Waals surface area contributed by atoms with Gasteiger partial charge in [-0.2, -0.15) is 0 Å². The largest absolute Gasteiger partial charge is 0.448 e. The number of hydrogen-bond acceptors (Lipinski definition) is 3. The maximum Gasteiger partial charge on any atom is 0.303 e. The SMILES string of the molecule is CC(=O)O[C@@H](C(=O)Cl)c1ccccc1. The van der Waals surface area contributed by atoms with Crippen LogP contribution in [-0.2, 0) is 14.3 Å². The van der Waals surface area contributed by atoms with Gasteiger partial charge in [0.15, 0.2) is 0 Å². The number of halogens is 1. The Balaban J connectivity index is 2.89. The Bertz CT molecular complexity index is 334. The predicted octanol–water partition coefficient (Wildman–Crippen LogP) is 2.06. The minimum atomic E-state index is -1.00. The van der Waals surface area contributed by atoms with E-state index < -0.39 is 17.3 Å².